The quantitative estimate of drug-likeness (QED) is 0.772. The van der Waals surface area contributed by atoms with Crippen molar-refractivity contribution in [3.8, 4) is 0 Å². The van der Waals surface area contributed by atoms with E-state index in [0.29, 0.717) is 49.6 Å². The highest BCUT2D eigenvalue weighted by atomic mass is 32.1. The van der Waals surface area contributed by atoms with E-state index < -0.39 is 11.7 Å². The van der Waals surface area contributed by atoms with E-state index in [4.69, 9.17) is 4.74 Å². The van der Waals surface area contributed by atoms with Crippen LogP contribution in [0.1, 0.15) is 28.1 Å². The van der Waals surface area contributed by atoms with E-state index in [1.165, 1.54) is 11.3 Å². The topological polar surface area (TPSA) is 29.5 Å². The maximum Gasteiger partial charge on any atom is 0.264 e. The minimum absolute atomic E-state index is 0.0218. The molecule has 0 radical (unpaired) electrons. The number of carbonyl (C=O) groups excluding carboxylic acids is 1. The lowest BCUT2D eigenvalue weighted by Gasteiger charge is -2.26. The molecular weight excluding hydrogens is 356 g/mol. The second kappa shape index (κ2) is 7.29. The van der Waals surface area contributed by atoms with Crippen molar-refractivity contribution < 1.29 is 18.3 Å². The van der Waals surface area contributed by atoms with Gasteiger partial charge in [0.2, 0.25) is 0 Å². The van der Waals surface area contributed by atoms with E-state index in [0.717, 1.165) is 21.7 Å². The Kier molecular flexibility index (Phi) is 4.87. The van der Waals surface area contributed by atoms with Gasteiger partial charge in [-0.1, -0.05) is 12.1 Å². The number of nitrogens with zero attached hydrogens (tertiary/aromatic N) is 1. The van der Waals surface area contributed by atoms with Crippen LogP contribution < -0.4 is 0 Å². The first-order valence-electron chi connectivity index (χ1n) is 8.74. The van der Waals surface area contributed by atoms with Crippen LogP contribution in [0.5, 0.6) is 0 Å². The zero-order valence-corrected chi connectivity index (χ0v) is 15.1. The molecule has 1 aromatic carbocycles. The standard InChI is InChI=1S/C20H19F2NO2S/c21-15-5-4-14(17(22)11-15)10-13-2-1-3-18-16(13)12-19(26-18)20(24)23-6-8-25-9-7-23/h1-3,11-12H,4-10H2. The van der Waals surface area contributed by atoms with Crippen LogP contribution in [0, 0.1) is 0 Å². The Hall–Kier alpha value is -2.05. The highest BCUT2D eigenvalue weighted by Crippen LogP contribution is 2.33. The molecule has 0 atom stereocenters. The van der Waals surface area contributed by atoms with Crippen molar-refractivity contribution in [2.45, 2.75) is 19.3 Å². The third-order valence-electron chi connectivity index (χ3n) is 4.85. The molecule has 1 amide bonds. The third-order valence-corrected chi connectivity index (χ3v) is 5.94. The first-order valence-corrected chi connectivity index (χ1v) is 9.55. The van der Waals surface area contributed by atoms with Crippen LogP contribution in [0.2, 0.25) is 0 Å². The van der Waals surface area contributed by atoms with Gasteiger partial charge in [-0.3, -0.25) is 4.79 Å². The number of ether oxygens (including phenoxy) is 1. The summed E-state index contributed by atoms with van der Waals surface area (Å²) in [6, 6.07) is 7.76. The number of morpholine rings is 1. The van der Waals surface area contributed by atoms with E-state index >= 15 is 0 Å². The summed E-state index contributed by atoms with van der Waals surface area (Å²) in [5, 5.41) is 0.976. The number of benzene rings is 1. The fourth-order valence-electron chi connectivity index (χ4n) is 3.41. The average molecular weight is 375 g/mol. The SMILES string of the molecule is O=C(c1cc2c(CC3=C(F)C=C(F)CC3)cccc2s1)N1CCOCC1. The monoisotopic (exact) mass is 375 g/mol. The Morgan fingerprint density at radius 1 is 1.19 bits per heavy atom. The van der Waals surface area contributed by atoms with Crippen molar-refractivity contribution in [2.75, 3.05) is 26.3 Å². The van der Waals surface area contributed by atoms with Gasteiger partial charge in [0.25, 0.3) is 5.91 Å². The molecule has 0 unspecified atom stereocenters. The molecule has 2 aliphatic rings. The Balaban J connectivity index is 1.64. The Morgan fingerprint density at radius 3 is 2.77 bits per heavy atom. The summed E-state index contributed by atoms with van der Waals surface area (Å²) in [5.74, 6) is -0.850. The highest BCUT2D eigenvalue weighted by molar-refractivity contribution is 7.20. The number of hydrogen-bond donors (Lipinski definition) is 0. The predicted molar refractivity (Wildman–Crippen MR) is 98.8 cm³/mol. The first kappa shape index (κ1) is 17.4. The molecule has 0 bridgehead atoms. The van der Waals surface area contributed by atoms with Crippen LogP contribution in [0.15, 0.2) is 47.6 Å². The molecule has 0 N–H and O–H groups in total. The van der Waals surface area contributed by atoms with Gasteiger partial charge < -0.3 is 9.64 Å². The van der Waals surface area contributed by atoms with Crippen molar-refractivity contribution >= 4 is 27.3 Å². The van der Waals surface area contributed by atoms with Gasteiger partial charge in [0.05, 0.1) is 18.1 Å². The van der Waals surface area contributed by atoms with Crippen LogP contribution in [-0.2, 0) is 11.2 Å². The second-order valence-electron chi connectivity index (χ2n) is 6.56. The highest BCUT2D eigenvalue weighted by Gasteiger charge is 2.21. The largest absolute Gasteiger partial charge is 0.378 e. The molecule has 1 aliphatic heterocycles. The van der Waals surface area contributed by atoms with Crippen molar-refractivity contribution in [1.29, 1.82) is 0 Å². The van der Waals surface area contributed by atoms with Gasteiger partial charge in [0.15, 0.2) is 0 Å². The molecule has 26 heavy (non-hydrogen) atoms. The second-order valence-corrected chi connectivity index (χ2v) is 7.65. The molecule has 1 fully saturated rings. The van der Waals surface area contributed by atoms with Crippen molar-refractivity contribution in [1.82, 2.24) is 4.90 Å². The summed E-state index contributed by atoms with van der Waals surface area (Å²) in [4.78, 5) is 15.2. The van der Waals surface area contributed by atoms with Gasteiger partial charge in [0.1, 0.15) is 11.7 Å². The number of rotatable bonds is 3. The zero-order valence-electron chi connectivity index (χ0n) is 14.3. The van der Waals surface area contributed by atoms with Crippen molar-refractivity contribution in [3.63, 3.8) is 0 Å². The minimum atomic E-state index is -0.467. The molecule has 2 heterocycles. The molecule has 1 saturated heterocycles. The number of hydrogen-bond acceptors (Lipinski definition) is 3. The minimum Gasteiger partial charge on any atom is -0.378 e. The third kappa shape index (κ3) is 3.44. The van der Waals surface area contributed by atoms with Crippen LogP contribution in [-0.4, -0.2) is 37.1 Å². The molecule has 3 nitrogen and oxygen atoms in total. The van der Waals surface area contributed by atoms with Gasteiger partial charge >= 0.3 is 0 Å². The molecule has 0 saturated carbocycles. The summed E-state index contributed by atoms with van der Waals surface area (Å²) in [6.45, 7) is 2.35. The fourth-order valence-corrected chi connectivity index (χ4v) is 4.48. The maximum absolute atomic E-state index is 14.1. The van der Waals surface area contributed by atoms with Gasteiger partial charge in [-0.15, -0.1) is 11.3 Å². The molecule has 136 valence electrons. The van der Waals surface area contributed by atoms with E-state index in [1.54, 1.807) is 0 Å². The smallest absolute Gasteiger partial charge is 0.264 e. The fraction of sp³-hybridized carbons (Fsp3) is 0.350. The Bertz CT molecular complexity index is 910. The Labute approximate surface area is 154 Å². The Morgan fingerprint density at radius 2 is 2.00 bits per heavy atom. The summed E-state index contributed by atoms with van der Waals surface area (Å²) >= 11 is 1.46. The van der Waals surface area contributed by atoms with E-state index in [2.05, 4.69) is 0 Å². The van der Waals surface area contributed by atoms with Crippen molar-refractivity contribution in [2.24, 2.45) is 0 Å². The van der Waals surface area contributed by atoms with Gasteiger partial charge in [-0.05, 0) is 41.5 Å². The van der Waals surface area contributed by atoms with Gasteiger partial charge in [0, 0.05) is 30.3 Å². The average Bonchev–Trinajstić information content (AvgIpc) is 3.09. The van der Waals surface area contributed by atoms with Crippen molar-refractivity contribution in [3.05, 3.63) is 58.0 Å². The number of amides is 1. The van der Waals surface area contributed by atoms with Gasteiger partial charge in [-0.2, -0.15) is 0 Å². The molecule has 1 aliphatic carbocycles. The van der Waals surface area contributed by atoms with Crippen LogP contribution in [0.4, 0.5) is 8.78 Å². The lowest BCUT2D eigenvalue weighted by Crippen LogP contribution is -2.40. The lowest BCUT2D eigenvalue weighted by molar-refractivity contribution is 0.0306. The molecular formula is C20H19F2NO2S. The van der Waals surface area contributed by atoms with E-state index in [9.17, 15) is 13.6 Å². The molecule has 2 aromatic rings. The number of carbonyl (C=O) groups is 1. The zero-order chi connectivity index (χ0) is 18.1. The molecule has 0 spiro atoms. The molecule has 6 heteroatoms. The molecule has 1 aromatic heterocycles. The summed E-state index contributed by atoms with van der Waals surface area (Å²) in [7, 11) is 0. The number of thiophene rings is 1. The van der Waals surface area contributed by atoms with Crippen LogP contribution >= 0.6 is 11.3 Å². The lowest BCUT2D eigenvalue weighted by atomic mass is 9.95. The van der Waals surface area contributed by atoms with Crippen LogP contribution in [0.25, 0.3) is 10.1 Å². The van der Waals surface area contributed by atoms with Crippen LogP contribution in [0.3, 0.4) is 0 Å². The summed E-state index contributed by atoms with van der Waals surface area (Å²) < 4.78 is 33.6. The number of fused-ring (bicyclic) bond motifs is 1. The summed E-state index contributed by atoms with van der Waals surface area (Å²) in [5.41, 5.74) is 1.59. The van der Waals surface area contributed by atoms with E-state index in [-0.39, 0.29) is 12.3 Å². The first-order chi connectivity index (χ1) is 12.6. The number of halogens is 2. The maximum atomic E-state index is 14.1. The summed E-state index contributed by atoms with van der Waals surface area (Å²) in [6.07, 6.45) is 2.08. The van der Waals surface area contributed by atoms with Gasteiger partial charge in [-0.25, -0.2) is 8.78 Å². The number of allylic oxidation sites excluding steroid dienone is 4. The van der Waals surface area contributed by atoms with E-state index in [1.807, 2.05) is 29.2 Å². The predicted octanol–water partition coefficient (Wildman–Crippen LogP) is 4.79. The normalized spacial score (nSPS) is 18.4. The molecule has 4 rings (SSSR count).